The average Bonchev–Trinajstić information content (AvgIpc) is 2.24. The van der Waals surface area contributed by atoms with Gasteiger partial charge < -0.3 is 0 Å². The van der Waals surface area contributed by atoms with Crippen LogP contribution in [0.5, 0.6) is 0 Å². The Hall–Kier alpha value is 0.0200. The standard InChI is InChI=1S/C15H28OS/c1-5-17-10-6-9-15(3,4)13-8-7-12(2)11-14(13)16/h12-13H,5-11H2,1-4H3. The molecule has 0 heterocycles. The molecular formula is C15H28OS. The van der Waals surface area contributed by atoms with E-state index in [0.717, 1.165) is 12.8 Å². The number of carbonyl (C=O) groups excluding carboxylic acids is 1. The number of ketones is 1. The van der Waals surface area contributed by atoms with Gasteiger partial charge in [-0.15, -0.1) is 0 Å². The van der Waals surface area contributed by atoms with Crippen molar-refractivity contribution < 1.29 is 4.79 Å². The van der Waals surface area contributed by atoms with Gasteiger partial charge in [0.15, 0.2) is 0 Å². The lowest BCUT2D eigenvalue weighted by Gasteiger charge is -2.37. The molecule has 0 N–H and O–H groups in total. The monoisotopic (exact) mass is 256 g/mol. The Morgan fingerprint density at radius 1 is 1.35 bits per heavy atom. The number of carbonyl (C=O) groups is 1. The van der Waals surface area contributed by atoms with E-state index in [-0.39, 0.29) is 5.41 Å². The molecule has 1 fully saturated rings. The third kappa shape index (κ3) is 4.65. The summed E-state index contributed by atoms with van der Waals surface area (Å²) in [5.41, 5.74) is 0.214. The van der Waals surface area contributed by atoms with Crippen LogP contribution in [0, 0.1) is 17.3 Å². The smallest absolute Gasteiger partial charge is 0.136 e. The fourth-order valence-corrected chi connectivity index (χ4v) is 3.61. The molecule has 2 unspecified atom stereocenters. The third-order valence-corrected chi connectivity index (χ3v) is 5.13. The minimum atomic E-state index is 0.214. The lowest BCUT2D eigenvalue weighted by Crippen LogP contribution is -2.35. The first kappa shape index (κ1) is 15.1. The van der Waals surface area contributed by atoms with Gasteiger partial charge >= 0.3 is 0 Å². The molecule has 0 radical (unpaired) electrons. The Labute approximate surface area is 111 Å². The minimum absolute atomic E-state index is 0.214. The molecule has 2 atom stereocenters. The zero-order chi connectivity index (χ0) is 12.9. The molecule has 1 nitrogen and oxygen atoms in total. The molecule has 100 valence electrons. The van der Waals surface area contributed by atoms with Crippen LogP contribution in [0.4, 0.5) is 0 Å². The Kier molecular flexibility index (Phi) is 6.05. The van der Waals surface area contributed by atoms with Crippen molar-refractivity contribution in [1.82, 2.24) is 0 Å². The molecule has 1 saturated carbocycles. The minimum Gasteiger partial charge on any atom is -0.299 e. The average molecular weight is 256 g/mol. The second kappa shape index (κ2) is 6.82. The van der Waals surface area contributed by atoms with Crippen LogP contribution in [0.1, 0.15) is 59.8 Å². The van der Waals surface area contributed by atoms with E-state index in [9.17, 15) is 4.79 Å². The van der Waals surface area contributed by atoms with E-state index in [0.29, 0.717) is 17.6 Å². The normalized spacial score (nSPS) is 26.2. The summed E-state index contributed by atoms with van der Waals surface area (Å²) in [5.74, 6) is 3.92. The lowest BCUT2D eigenvalue weighted by molar-refractivity contribution is -0.130. The van der Waals surface area contributed by atoms with E-state index in [1.807, 2.05) is 11.8 Å². The van der Waals surface area contributed by atoms with E-state index >= 15 is 0 Å². The van der Waals surface area contributed by atoms with Crippen molar-refractivity contribution >= 4 is 17.5 Å². The van der Waals surface area contributed by atoms with Crippen molar-refractivity contribution in [3.05, 3.63) is 0 Å². The molecule has 0 amide bonds. The van der Waals surface area contributed by atoms with Gasteiger partial charge in [-0.1, -0.05) is 27.7 Å². The second-order valence-electron chi connectivity index (χ2n) is 6.19. The molecule has 0 spiro atoms. The lowest BCUT2D eigenvalue weighted by atomic mass is 9.66. The highest BCUT2D eigenvalue weighted by molar-refractivity contribution is 7.99. The molecule has 0 bridgehead atoms. The van der Waals surface area contributed by atoms with Gasteiger partial charge in [-0.25, -0.2) is 0 Å². The molecule has 2 heteroatoms. The molecule has 1 aliphatic rings. The highest BCUT2D eigenvalue weighted by Crippen LogP contribution is 2.41. The van der Waals surface area contributed by atoms with Crippen LogP contribution < -0.4 is 0 Å². The summed E-state index contributed by atoms with van der Waals surface area (Å²) in [5, 5.41) is 0. The van der Waals surface area contributed by atoms with Gasteiger partial charge in [0.05, 0.1) is 0 Å². The van der Waals surface area contributed by atoms with Gasteiger partial charge in [-0.3, -0.25) is 4.79 Å². The van der Waals surface area contributed by atoms with Crippen LogP contribution in [0.2, 0.25) is 0 Å². The van der Waals surface area contributed by atoms with Crippen LogP contribution >= 0.6 is 11.8 Å². The van der Waals surface area contributed by atoms with Gasteiger partial charge in [-0.2, -0.15) is 11.8 Å². The number of hydrogen-bond acceptors (Lipinski definition) is 2. The van der Waals surface area contributed by atoms with E-state index in [1.54, 1.807) is 0 Å². The Balaban J connectivity index is 2.42. The molecule has 1 aliphatic carbocycles. The van der Waals surface area contributed by atoms with Crippen molar-refractivity contribution in [1.29, 1.82) is 0 Å². The number of Topliss-reactive ketones (excluding diaryl/α,β-unsaturated/α-hetero) is 1. The Morgan fingerprint density at radius 3 is 2.65 bits per heavy atom. The largest absolute Gasteiger partial charge is 0.299 e. The summed E-state index contributed by atoms with van der Waals surface area (Å²) in [6.07, 6.45) is 5.63. The van der Waals surface area contributed by atoms with Crippen molar-refractivity contribution in [3.8, 4) is 0 Å². The van der Waals surface area contributed by atoms with Crippen LogP contribution in [-0.4, -0.2) is 17.3 Å². The van der Waals surface area contributed by atoms with Crippen molar-refractivity contribution in [2.75, 3.05) is 11.5 Å². The number of thioether (sulfide) groups is 1. The predicted molar refractivity (Wildman–Crippen MR) is 77.5 cm³/mol. The predicted octanol–water partition coefficient (Wildman–Crippen LogP) is 4.55. The van der Waals surface area contributed by atoms with E-state index in [2.05, 4.69) is 27.7 Å². The molecule has 0 aromatic carbocycles. The van der Waals surface area contributed by atoms with Crippen LogP contribution in [0.15, 0.2) is 0 Å². The maximum absolute atomic E-state index is 12.1. The van der Waals surface area contributed by atoms with E-state index in [4.69, 9.17) is 0 Å². The molecule has 0 aromatic rings. The maximum Gasteiger partial charge on any atom is 0.136 e. The van der Waals surface area contributed by atoms with Crippen LogP contribution in [0.3, 0.4) is 0 Å². The zero-order valence-electron chi connectivity index (χ0n) is 11.9. The van der Waals surface area contributed by atoms with Crippen molar-refractivity contribution in [2.45, 2.75) is 59.8 Å². The summed E-state index contributed by atoms with van der Waals surface area (Å²) < 4.78 is 0. The van der Waals surface area contributed by atoms with E-state index in [1.165, 1.54) is 30.8 Å². The topological polar surface area (TPSA) is 17.1 Å². The van der Waals surface area contributed by atoms with E-state index < -0.39 is 0 Å². The van der Waals surface area contributed by atoms with Gasteiger partial charge in [-0.05, 0) is 48.5 Å². The number of rotatable bonds is 6. The quantitative estimate of drug-likeness (QED) is 0.648. The second-order valence-corrected chi connectivity index (χ2v) is 7.59. The third-order valence-electron chi connectivity index (χ3n) is 4.14. The highest BCUT2D eigenvalue weighted by Gasteiger charge is 2.37. The Morgan fingerprint density at radius 2 is 2.06 bits per heavy atom. The van der Waals surface area contributed by atoms with Gasteiger partial charge in [0.1, 0.15) is 5.78 Å². The first-order chi connectivity index (χ1) is 7.97. The SMILES string of the molecule is CCSCCCC(C)(C)C1CCC(C)CC1=O. The summed E-state index contributed by atoms with van der Waals surface area (Å²) in [7, 11) is 0. The van der Waals surface area contributed by atoms with Crippen LogP contribution in [-0.2, 0) is 4.79 Å². The molecule has 0 aromatic heterocycles. The van der Waals surface area contributed by atoms with Crippen LogP contribution in [0.25, 0.3) is 0 Å². The zero-order valence-corrected chi connectivity index (χ0v) is 12.7. The van der Waals surface area contributed by atoms with Gasteiger partial charge in [0.25, 0.3) is 0 Å². The first-order valence-electron chi connectivity index (χ1n) is 7.08. The molecule has 17 heavy (non-hydrogen) atoms. The molecule has 1 rings (SSSR count). The molecule has 0 aliphatic heterocycles. The Bertz CT molecular complexity index is 247. The van der Waals surface area contributed by atoms with Crippen molar-refractivity contribution in [2.24, 2.45) is 17.3 Å². The maximum atomic E-state index is 12.1. The van der Waals surface area contributed by atoms with Gasteiger partial charge in [0, 0.05) is 12.3 Å². The molecular weight excluding hydrogens is 228 g/mol. The highest BCUT2D eigenvalue weighted by atomic mass is 32.2. The summed E-state index contributed by atoms with van der Waals surface area (Å²) in [6, 6.07) is 0. The fourth-order valence-electron chi connectivity index (χ4n) is 2.97. The molecule has 0 saturated heterocycles. The van der Waals surface area contributed by atoms with Gasteiger partial charge in [0.2, 0.25) is 0 Å². The summed E-state index contributed by atoms with van der Waals surface area (Å²) in [6.45, 7) is 9.01. The number of hydrogen-bond donors (Lipinski definition) is 0. The first-order valence-corrected chi connectivity index (χ1v) is 8.23. The van der Waals surface area contributed by atoms with Crippen molar-refractivity contribution in [3.63, 3.8) is 0 Å². The summed E-state index contributed by atoms with van der Waals surface area (Å²) >= 11 is 2.01. The fraction of sp³-hybridized carbons (Fsp3) is 0.933. The summed E-state index contributed by atoms with van der Waals surface area (Å²) in [4.78, 5) is 12.1.